The van der Waals surface area contributed by atoms with Crippen LogP contribution in [0, 0.1) is 6.92 Å². The van der Waals surface area contributed by atoms with E-state index in [1.54, 1.807) is 11.8 Å². The van der Waals surface area contributed by atoms with Crippen molar-refractivity contribution in [1.29, 1.82) is 0 Å². The van der Waals surface area contributed by atoms with Gasteiger partial charge in [-0.05, 0) is 31.5 Å². The fourth-order valence-electron chi connectivity index (χ4n) is 3.28. The summed E-state index contributed by atoms with van der Waals surface area (Å²) in [5.74, 6) is 0.935. The highest BCUT2D eigenvalue weighted by Gasteiger charge is 2.23. The molecule has 6 nitrogen and oxygen atoms in total. The molecule has 126 valence electrons. The monoisotopic (exact) mass is 343 g/mol. The standard InChI is InChI=1S/C17H21N5OS/c1-11-8-20-16-15(11)13(3-5-19-16)22-6-7-24-14(10-22)17(23)21-12-2-4-18-9-12/h3,5,8,10,12,18H,2,4,6-7,9H2,1H3,(H,19,20)(H,21,23)/t12-/m1/s1. The van der Waals surface area contributed by atoms with Gasteiger partial charge in [-0.2, -0.15) is 0 Å². The van der Waals surface area contributed by atoms with Gasteiger partial charge in [0.15, 0.2) is 0 Å². The van der Waals surface area contributed by atoms with Crippen LogP contribution in [0.15, 0.2) is 29.6 Å². The van der Waals surface area contributed by atoms with Crippen LogP contribution in [0.25, 0.3) is 11.0 Å². The smallest absolute Gasteiger partial charge is 0.259 e. The number of nitrogens with zero attached hydrogens (tertiary/aromatic N) is 2. The largest absolute Gasteiger partial charge is 0.347 e. The zero-order valence-corrected chi connectivity index (χ0v) is 14.4. The maximum atomic E-state index is 12.5. The van der Waals surface area contributed by atoms with Crippen LogP contribution in [0.1, 0.15) is 12.0 Å². The second-order valence-corrected chi connectivity index (χ2v) is 7.36. The van der Waals surface area contributed by atoms with E-state index >= 15 is 0 Å². The van der Waals surface area contributed by atoms with Crippen LogP contribution in [0.5, 0.6) is 0 Å². The van der Waals surface area contributed by atoms with Crippen molar-refractivity contribution in [3.05, 3.63) is 35.1 Å². The van der Waals surface area contributed by atoms with Gasteiger partial charge in [0.1, 0.15) is 5.65 Å². The number of aromatic nitrogens is 2. The maximum Gasteiger partial charge on any atom is 0.259 e. The number of thioether (sulfide) groups is 1. The lowest BCUT2D eigenvalue weighted by Crippen LogP contribution is -2.38. The molecular formula is C17H21N5OS. The first kappa shape index (κ1) is 15.5. The second-order valence-electron chi connectivity index (χ2n) is 6.22. The summed E-state index contributed by atoms with van der Waals surface area (Å²) in [6.07, 6.45) is 6.77. The van der Waals surface area contributed by atoms with E-state index in [0.717, 1.165) is 53.4 Å². The number of amides is 1. The molecule has 1 atom stereocenters. The van der Waals surface area contributed by atoms with Crippen molar-refractivity contribution in [3.8, 4) is 0 Å². The van der Waals surface area contributed by atoms with Crippen LogP contribution in [-0.4, -0.2) is 47.3 Å². The zero-order valence-electron chi connectivity index (χ0n) is 13.6. The molecule has 7 heteroatoms. The minimum absolute atomic E-state index is 0.0366. The first-order valence-electron chi connectivity index (χ1n) is 8.28. The Morgan fingerprint density at radius 1 is 1.50 bits per heavy atom. The van der Waals surface area contributed by atoms with Crippen molar-refractivity contribution < 1.29 is 4.79 Å². The molecule has 24 heavy (non-hydrogen) atoms. The molecule has 0 radical (unpaired) electrons. The van der Waals surface area contributed by atoms with Gasteiger partial charge in [-0.1, -0.05) is 0 Å². The summed E-state index contributed by atoms with van der Waals surface area (Å²) in [5, 5.41) is 7.53. The van der Waals surface area contributed by atoms with Gasteiger partial charge in [0.2, 0.25) is 0 Å². The number of carbonyl (C=O) groups excluding carboxylic acids is 1. The van der Waals surface area contributed by atoms with Crippen LogP contribution in [0.4, 0.5) is 5.69 Å². The third kappa shape index (κ3) is 2.89. The summed E-state index contributed by atoms with van der Waals surface area (Å²) < 4.78 is 0. The van der Waals surface area contributed by atoms with E-state index in [9.17, 15) is 4.79 Å². The average molecular weight is 343 g/mol. The number of aryl methyl sites for hydroxylation is 1. The molecule has 0 spiro atoms. The predicted octanol–water partition coefficient (Wildman–Crippen LogP) is 1.74. The summed E-state index contributed by atoms with van der Waals surface area (Å²) in [5.41, 5.74) is 3.16. The van der Waals surface area contributed by atoms with Gasteiger partial charge in [-0.3, -0.25) is 4.79 Å². The van der Waals surface area contributed by atoms with E-state index in [1.165, 1.54) is 5.56 Å². The number of aromatic amines is 1. The fraction of sp³-hybridized carbons (Fsp3) is 0.412. The molecular weight excluding hydrogens is 322 g/mol. The van der Waals surface area contributed by atoms with E-state index in [0.29, 0.717) is 0 Å². The molecule has 0 saturated carbocycles. The molecule has 4 rings (SSSR count). The summed E-state index contributed by atoms with van der Waals surface area (Å²) in [4.78, 5) is 23.1. The minimum Gasteiger partial charge on any atom is -0.347 e. The summed E-state index contributed by atoms with van der Waals surface area (Å²) in [6, 6.07) is 2.26. The van der Waals surface area contributed by atoms with Gasteiger partial charge >= 0.3 is 0 Å². The molecule has 2 aliphatic rings. The van der Waals surface area contributed by atoms with Crippen molar-refractivity contribution >= 4 is 34.4 Å². The Morgan fingerprint density at radius 3 is 3.25 bits per heavy atom. The highest BCUT2D eigenvalue weighted by Crippen LogP contribution is 2.32. The Kier molecular flexibility index (Phi) is 4.20. The zero-order chi connectivity index (χ0) is 16.5. The van der Waals surface area contributed by atoms with Gasteiger partial charge in [-0.25, -0.2) is 4.98 Å². The Labute approximate surface area is 145 Å². The lowest BCUT2D eigenvalue weighted by atomic mass is 10.2. The van der Waals surface area contributed by atoms with Crippen LogP contribution in [0.2, 0.25) is 0 Å². The van der Waals surface area contributed by atoms with Crippen molar-refractivity contribution in [3.63, 3.8) is 0 Å². The molecule has 1 fully saturated rings. The molecule has 2 aromatic heterocycles. The molecule has 0 bridgehead atoms. The highest BCUT2D eigenvalue weighted by molar-refractivity contribution is 8.04. The lowest BCUT2D eigenvalue weighted by Gasteiger charge is -2.27. The molecule has 4 heterocycles. The number of H-pyrrole nitrogens is 1. The number of nitrogens with one attached hydrogen (secondary N) is 3. The third-order valence-corrected chi connectivity index (χ3v) is 5.53. The first-order valence-corrected chi connectivity index (χ1v) is 9.26. The van der Waals surface area contributed by atoms with Crippen LogP contribution in [-0.2, 0) is 4.79 Å². The first-order chi connectivity index (χ1) is 11.7. The van der Waals surface area contributed by atoms with Gasteiger partial charge in [0.25, 0.3) is 5.91 Å². The summed E-state index contributed by atoms with van der Waals surface area (Å²) in [6.45, 7) is 4.80. The SMILES string of the molecule is Cc1c[nH]c2nccc(N3C=C(C(=O)N[C@@H]4CCNC4)SCC3)c12. The summed E-state index contributed by atoms with van der Waals surface area (Å²) >= 11 is 1.63. The number of hydrogen-bond acceptors (Lipinski definition) is 5. The molecule has 0 aliphatic carbocycles. The molecule has 2 aliphatic heterocycles. The Balaban J connectivity index is 1.61. The third-order valence-electron chi connectivity index (χ3n) is 4.54. The lowest BCUT2D eigenvalue weighted by molar-refractivity contribution is -0.117. The number of rotatable bonds is 3. The number of hydrogen-bond donors (Lipinski definition) is 3. The Morgan fingerprint density at radius 2 is 2.42 bits per heavy atom. The van der Waals surface area contributed by atoms with E-state index in [1.807, 2.05) is 24.7 Å². The second kappa shape index (κ2) is 6.49. The van der Waals surface area contributed by atoms with Crippen molar-refractivity contribution in [2.24, 2.45) is 0 Å². The van der Waals surface area contributed by atoms with E-state index in [4.69, 9.17) is 0 Å². The van der Waals surface area contributed by atoms with Crippen molar-refractivity contribution in [2.45, 2.75) is 19.4 Å². The van der Waals surface area contributed by atoms with Crippen LogP contribution < -0.4 is 15.5 Å². The summed E-state index contributed by atoms with van der Waals surface area (Å²) in [7, 11) is 0. The Bertz CT molecular complexity index is 793. The van der Waals surface area contributed by atoms with E-state index < -0.39 is 0 Å². The van der Waals surface area contributed by atoms with Gasteiger partial charge in [0.05, 0.1) is 10.6 Å². The van der Waals surface area contributed by atoms with E-state index in [-0.39, 0.29) is 11.9 Å². The maximum absolute atomic E-state index is 12.5. The molecule has 1 amide bonds. The molecule has 0 aromatic carbocycles. The normalized spacial score (nSPS) is 21.1. The van der Waals surface area contributed by atoms with Gasteiger partial charge in [-0.15, -0.1) is 11.8 Å². The van der Waals surface area contributed by atoms with Crippen molar-refractivity contribution in [2.75, 3.05) is 30.3 Å². The van der Waals surface area contributed by atoms with Gasteiger partial charge < -0.3 is 20.5 Å². The molecule has 3 N–H and O–H groups in total. The van der Waals surface area contributed by atoms with Gasteiger partial charge in [0, 0.05) is 48.9 Å². The minimum atomic E-state index is 0.0366. The van der Waals surface area contributed by atoms with Crippen LogP contribution in [0.3, 0.4) is 0 Å². The average Bonchev–Trinajstić information content (AvgIpc) is 3.25. The van der Waals surface area contributed by atoms with Crippen LogP contribution >= 0.6 is 11.8 Å². The molecule has 2 aromatic rings. The highest BCUT2D eigenvalue weighted by atomic mass is 32.2. The molecule has 1 saturated heterocycles. The number of fused-ring (bicyclic) bond motifs is 1. The predicted molar refractivity (Wildman–Crippen MR) is 98.1 cm³/mol. The number of carbonyl (C=O) groups is 1. The topological polar surface area (TPSA) is 73.0 Å². The Hall–Kier alpha value is -1.99. The van der Waals surface area contributed by atoms with E-state index in [2.05, 4.69) is 32.4 Å². The molecule has 0 unspecified atom stereocenters. The fourth-order valence-corrected chi connectivity index (χ4v) is 4.18. The van der Waals surface area contributed by atoms with Crippen molar-refractivity contribution in [1.82, 2.24) is 20.6 Å². The quantitative estimate of drug-likeness (QED) is 0.792. The number of anilines is 1. The number of pyridine rings is 1.